The van der Waals surface area contributed by atoms with Gasteiger partial charge >= 0.3 is 6.03 Å². The molecular weight excluding hydrogens is 309 g/mol. The highest BCUT2D eigenvalue weighted by atomic mass is 35.5. The Hall–Kier alpha value is -2.60. The first kappa shape index (κ1) is 15.8. The third kappa shape index (κ3) is 4.75. The number of nitrogens with two attached hydrogens (primary N) is 1. The molecule has 3 N–H and O–H groups in total. The van der Waals surface area contributed by atoms with Gasteiger partial charge in [-0.3, -0.25) is 0 Å². The van der Waals surface area contributed by atoms with Crippen LogP contribution in [0.25, 0.3) is 0 Å². The van der Waals surface area contributed by atoms with E-state index in [1.807, 2.05) is 5.43 Å². The van der Waals surface area contributed by atoms with Crippen LogP contribution < -0.4 is 15.9 Å². The predicted molar refractivity (Wildman–Crippen MR) is 82.5 cm³/mol. The molecule has 0 atom stereocenters. The third-order valence-corrected chi connectivity index (χ3v) is 2.90. The summed E-state index contributed by atoms with van der Waals surface area (Å²) in [5.41, 5.74) is 8.21. The van der Waals surface area contributed by atoms with E-state index in [1.165, 1.54) is 18.3 Å². The van der Waals surface area contributed by atoms with Gasteiger partial charge < -0.3 is 10.5 Å². The predicted octanol–water partition coefficient (Wildman–Crippen LogP) is 3.06. The number of urea groups is 1. The minimum absolute atomic E-state index is 0.120. The second kappa shape index (κ2) is 7.42. The number of nitrogens with zero attached hydrogens (tertiary/aromatic N) is 1. The normalized spacial score (nSPS) is 10.6. The Morgan fingerprint density at radius 2 is 2.05 bits per heavy atom. The number of halogens is 2. The van der Waals surface area contributed by atoms with Gasteiger partial charge in [0.1, 0.15) is 6.61 Å². The van der Waals surface area contributed by atoms with Gasteiger partial charge in [-0.05, 0) is 41.5 Å². The molecule has 0 aliphatic carbocycles. The van der Waals surface area contributed by atoms with Gasteiger partial charge in [-0.15, -0.1) is 0 Å². The summed E-state index contributed by atoms with van der Waals surface area (Å²) in [7, 11) is 0. The smallest absolute Gasteiger partial charge is 0.332 e. The number of primary amides is 1. The number of ether oxygens (including phenoxy) is 1. The summed E-state index contributed by atoms with van der Waals surface area (Å²) in [6, 6.07) is 10.6. The van der Waals surface area contributed by atoms with E-state index in [-0.39, 0.29) is 12.4 Å². The number of carbonyl (C=O) groups is 1. The minimum Gasteiger partial charge on any atom is -0.486 e. The zero-order chi connectivity index (χ0) is 15.9. The molecule has 0 aromatic heterocycles. The Morgan fingerprint density at radius 1 is 1.32 bits per heavy atom. The van der Waals surface area contributed by atoms with Crippen LogP contribution in [0.4, 0.5) is 9.18 Å². The van der Waals surface area contributed by atoms with Gasteiger partial charge in [0.15, 0.2) is 11.6 Å². The Kier molecular flexibility index (Phi) is 5.32. The lowest BCUT2D eigenvalue weighted by molar-refractivity contribution is 0.249. The SMILES string of the molecule is NC(=O)NN=Cc1ccc(OCc2ccc(Cl)cc2)c(F)c1. The summed E-state index contributed by atoms with van der Waals surface area (Å²) in [5.74, 6) is -0.410. The Labute approximate surface area is 131 Å². The van der Waals surface area contributed by atoms with Crippen LogP contribution in [0.5, 0.6) is 5.75 Å². The van der Waals surface area contributed by atoms with Crippen LogP contribution in [0, 0.1) is 5.82 Å². The monoisotopic (exact) mass is 321 g/mol. The maximum absolute atomic E-state index is 13.9. The highest BCUT2D eigenvalue weighted by molar-refractivity contribution is 6.30. The van der Waals surface area contributed by atoms with Gasteiger partial charge in [0.25, 0.3) is 0 Å². The fraction of sp³-hybridized carbons (Fsp3) is 0.0667. The zero-order valence-corrected chi connectivity index (χ0v) is 12.2. The molecule has 2 aromatic rings. The summed E-state index contributed by atoms with van der Waals surface area (Å²) < 4.78 is 19.3. The maximum Gasteiger partial charge on any atom is 0.332 e. The fourth-order valence-electron chi connectivity index (χ4n) is 1.63. The molecule has 0 unspecified atom stereocenters. The Morgan fingerprint density at radius 3 is 2.68 bits per heavy atom. The molecule has 0 spiro atoms. The van der Waals surface area contributed by atoms with Crippen molar-refractivity contribution in [3.05, 3.63) is 64.4 Å². The van der Waals surface area contributed by atoms with E-state index >= 15 is 0 Å². The van der Waals surface area contributed by atoms with E-state index in [1.54, 1.807) is 30.3 Å². The first-order valence-electron chi connectivity index (χ1n) is 6.30. The lowest BCUT2D eigenvalue weighted by Crippen LogP contribution is -2.24. The van der Waals surface area contributed by atoms with Crippen molar-refractivity contribution in [1.29, 1.82) is 0 Å². The van der Waals surface area contributed by atoms with Crippen LogP contribution in [0.2, 0.25) is 5.02 Å². The van der Waals surface area contributed by atoms with Crippen molar-refractivity contribution in [3.63, 3.8) is 0 Å². The number of nitrogens with one attached hydrogen (secondary N) is 1. The third-order valence-electron chi connectivity index (χ3n) is 2.65. The van der Waals surface area contributed by atoms with Gasteiger partial charge in [0.2, 0.25) is 0 Å². The number of amides is 2. The van der Waals surface area contributed by atoms with Crippen molar-refractivity contribution < 1.29 is 13.9 Å². The molecule has 0 radical (unpaired) electrons. The lowest BCUT2D eigenvalue weighted by Gasteiger charge is -2.08. The second-order valence-corrected chi connectivity index (χ2v) is 4.78. The number of hydrogen-bond donors (Lipinski definition) is 2. The lowest BCUT2D eigenvalue weighted by atomic mass is 10.2. The van der Waals surface area contributed by atoms with Gasteiger partial charge in [0, 0.05) is 5.02 Å². The van der Waals surface area contributed by atoms with E-state index in [0.29, 0.717) is 10.6 Å². The second-order valence-electron chi connectivity index (χ2n) is 4.34. The molecule has 2 amide bonds. The molecule has 0 saturated heterocycles. The average molecular weight is 322 g/mol. The molecule has 2 rings (SSSR count). The molecule has 114 valence electrons. The molecular formula is C15H13ClFN3O2. The molecule has 5 nitrogen and oxygen atoms in total. The van der Waals surface area contributed by atoms with Crippen molar-refractivity contribution in [2.24, 2.45) is 10.8 Å². The summed E-state index contributed by atoms with van der Waals surface area (Å²) in [4.78, 5) is 10.4. The summed E-state index contributed by atoms with van der Waals surface area (Å²) in [6.07, 6.45) is 1.27. The highest BCUT2D eigenvalue weighted by Crippen LogP contribution is 2.19. The van der Waals surface area contributed by atoms with Crippen LogP contribution in [0.3, 0.4) is 0 Å². The van der Waals surface area contributed by atoms with Crippen LogP contribution >= 0.6 is 11.6 Å². The topological polar surface area (TPSA) is 76.7 Å². The van der Waals surface area contributed by atoms with Gasteiger partial charge in [-0.1, -0.05) is 23.7 Å². The molecule has 0 aliphatic heterocycles. The largest absolute Gasteiger partial charge is 0.486 e. The Balaban J connectivity index is 1.98. The minimum atomic E-state index is -0.792. The van der Waals surface area contributed by atoms with Crippen molar-refractivity contribution in [2.45, 2.75) is 6.61 Å². The van der Waals surface area contributed by atoms with Crippen LogP contribution in [-0.4, -0.2) is 12.2 Å². The van der Waals surface area contributed by atoms with E-state index in [2.05, 4.69) is 5.10 Å². The van der Waals surface area contributed by atoms with Crippen molar-refractivity contribution >= 4 is 23.8 Å². The molecule has 0 bridgehead atoms. The summed E-state index contributed by atoms with van der Waals surface area (Å²) in [6.45, 7) is 0.227. The van der Waals surface area contributed by atoms with Crippen molar-refractivity contribution in [2.75, 3.05) is 0 Å². The number of hydrogen-bond acceptors (Lipinski definition) is 3. The molecule has 22 heavy (non-hydrogen) atoms. The van der Waals surface area contributed by atoms with E-state index in [0.717, 1.165) is 5.56 Å². The van der Waals surface area contributed by atoms with Gasteiger partial charge in [-0.2, -0.15) is 5.10 Å². The van der Waals surface area contributed by atoms with Crippen LogP contribution in [-0.2, 0) is 6.61 Å². The molecule has 0 aliphatic rings. The zero-order valence-electron chi connectivity index (χ0n) is 11.4. The van der Waals surface area contributed by atoms with Crippen molar-refractivity contribution in [1.82, 2.24) is 5.43 Å². The Bertz CT molecular complexity index is 690. The quantitative estimate of drug-likeness (QED) is 0.656. The molecule has 0 fully saturated rings. The number of hydrazone groups is 1. The van der Waals surface area contributed by atoms with Crippen LogP contribution in [0.15, 0.2) is 47.6 Å². The van der Waals surface area contributed by atoms with Gasteiger partial charge in [-0.25, -0.2) is 14.6 Å². The van der Waals surface area contributed by atoms with E-state index in [4.69, 9.17) is 22.1 Å². The van der Waals surface area contributed by atoms with Gasteiger partial charge in [0.05, 0.1) is 6.21 Å². The summed E-state index contributed by atoms with van der Waals surface area (Å²) >= 11 is 5.79. The van der Waals surface area contributed by atoms with Crippen molar-refractivity contribution in [3.8, 4) is 5.75 Å². The fourth-order valence-corrected chi connectivity index (χ4v) is 1.75. The number of rotatable bonds is 5. The van der Waals surface area contributed by atoms with E-state index < -0.39 is 11.8 Å². The first-order chi connectivity index (χ1) is 10.5. The van der Waals surface area contributed by atoms with Crippen LogP contribution in [0.1, 0.15) is 11.1 Å². The first-order valence-corrected chi connectivity index (χ1v) is 6.67. The number of benzene rings is 2. The standard InChI is InChI=1S/C15H13ClFN3O2/c16-12-4-1-10(2-5-12)9-22-14-6-3-11(7-13(14)17)8-19-20-15(18)21/h1-8H,9H2,(H3,18,20,21). The molecule has 0 heterocycles. The number of carbonyl (C=O) groups excluding carboxylic acids is 1. The summed E-state index contributed by atoms with van der Waals surface area (Å²) in [5, 5.41) is 4.17. The molecule has 7 heteroatoms. The average Bonchev–Trinajstić information content (AvgIpc) is 2.48. The maximum atomic E-state index is 13.9. The van der Waals surface area contributed by atoms with E-state index in [9.17, 15) is 9.18 Å². The highest BCUT2D eigenvalue weighted by Gasteiger charge is 2.04. The molecule has 0 saturated carbocycles. The molecule has 2 aromatic carbocycles.